The Balaban J connectivity index is 1.89. The molecule has 1 aliphatic rings. The Morgan fingerprint density at radius 3 is 2.71 bits per heavy atom. The Bertz CT molecular complexity index is 390. The molecule has 1 saturated carbocycles. The van der Waals surface area contributed by atoms with Crippen LogP contribution in [0.3, 0.4) is 0 Å². The molecule has 1 N–H and O–H groups in total. The first-order valence-electron chi connectivity index (χ1n) is 6.26. The van der Waals surface area contributed by atoms with Gasteiger partial charge < -0.3 is 5.32 Å². The van der Waals surface area contributed by atoms with Gasteiger partial charge in [-0.05, 0) is 55.8 Å². The predicted octanol–water partition coefficient (Wildman–Crippen LogP) is 4.18. The number of halogens is 2. The highest BCUT2D eigenvalue weighted by molar-refractivity contribution is 6.30. The van der Waals surface area contributed by atoms with E-state index < -0.39 is 0 Å². The lowest BCUT2D eigenvalue weighted by atomic mass is 10.0. The zero-order chi connectivity index (χ0) is 12.4. The van der Waals surface area contributed by atoms with E-state index in [1.807, 2.05) is 6.07 Å². The molecule has 1 aromatic rings. The van der Waals surface area contributed by atoms with Crippen molar-refractivity contribution in [2.45, 2.75) is 32.7 Å². The summed E-state index contributed by atoms with van der Waals surface area (Å²) in [6.07, 6.45) is 2.74. The van der Waals surface area contributed by atoms with Crippen molar-refractivity contribution in [1.82, 2.24) is 5.32 Å². The van der Waals surface area contributed by atoms with Gasteiger partial charge in [-0.3, -0.25) is 0 Å². The van der Waals surface area contributed by atoms with Crippen LogP contribution in [-0.4, -0.2) is 6.54 Å². The van der Waals surface area contributed by atoms with E-state index >= 15 is 0 Å². The number of benzene rings is 1. The van der Waals surface area contributed by atoms with Crippen LogP contribution in [0.5, 0.6) is 0 Å². The Labute approximate surface area is 107 Å². The van der Waals surface area contributed by atoms with Crippen LogP contribution in [-0.2, 0) is 0 Å². The second-order valence-electron chi connectivity index (χ2n) is 5.12. The fourth-order valence-corrected chi connectivity index (χ4v) is 2.21. The first kappa shape index (κ1) is 12.8. The minimum absolute atomic E-state index is 0.169. The monoisotopic (exact) mass is 255 g/mol. The Hall–Kier alpha value is -0.600. The summed E-state index contributed by atoms with van der Waals surface area (Å²) in [5, 5.41) is 3.64. The third-order valence-electron chi connectivity index (χ3n) is 3.62. The van der Waals surface area contributed by atoms with Crippen molar-refractivity contribution < 1.29 is 4.39 Å². The zero-order valence-corrected chi connectivity index (χ0v) is 11.1. The molecule has 0 heterocycles. The van der Waals surface area contributed by atoms with Crippen LogP contribution in [0.15, 0.2) is 18.2 Å². The van der Waals surface area contributed by atoms with E-state index in [0.29, 0.717) is 0 Å². The van der Waals surface area contributed by atoms with E-state index in [1.54, 1.807) is 6.07 Å². The van der Waals surface area contributed by atoms with Gasteiger partial charge in [0, 0.05) is 6.04 Å². The van der Waals surface area contributed by atoms with Crippen LogP contribution in [0, 0.1) is 17.7 Å². The van der Waals surface area contributed by atoms with Crippen molar-refractivity contribution in [2.24, 2.45) is 11.8 Å². The van der Waals surface area contributed by atoms with Crippen LogP contribution in [0.25, 0.3) is 0 Å². The molecule has 0 aromatic heterocycles. The Kier molecular flexibility index (Phi) is 4.05. The van der Waals surface area contributed by atoms with Crippen LogP contribution in [0.1, 0.15) is 38.3 Å². The zero-order valence-electron chi connectivity index (χ0n) is 10.3. The lowest BCUT2D eigenvalue weighted by molar-refractivity contribution is 0.431. The van der Waals surface area contributed by atoms with Gasteiger partial charge in [0.2, 0.25) is 0 Å². The van der Waals surface area contributed by atoms with Gasteiger partial charge in [-0.2, -0.15) is 0 Å². The van der Waals surface area contributed by atoms with Gasteiger partial charge in [-0.1, -0.05) is 24.6 Å². The van der Waals surface area contributed by atoms with Gasteiger partial charge in [0.05, 0.1) is 5.02 Å². The summed E-state index contributed by atoms with van der Waals surface area (Å²) in [5.41, 5.74) is 0.954. The molecule has 0 spiro atoms. The van der Waals surface area contributed by atoms with Crippen molar-refractivity contribution in [3.63, 3.8) is 0 Å². The van der Waals surface area contributed by atoms with E-state index in [2.05, 4.69) is 19.2 Å². The summed E-state index contributed by atoms with van der Waals surface area (Å²) >= 11 is 5.67. The maximum atomic E-state index is 13.3. The first-order chi connectivity index (χ1) is 8.08. The first-order valence-corrected chi connectivity index (χ1v) is 6.64. The van der Waals surface area contributed by atoms with E-state index in [1.165, 1.54) is 18.9 Å². The molecule has 0 radical (unpaired) electrons. The fourth-order valence-electron chi connectivity index (χ4n) is 2.09. The van der Waals surface area contributed by atoms with Crippen molar-refractivity contribution in [3.8, 4) is 0 Å². The highest BCUT2D eigenvalue weighted by atomic mass is 35.5. The Morgan fingerprint density at radius 1 is 1.41 bits per heavy atom. The van der Waals surface area contributed by atoms with E-state index in [9.17, 15) is 4.39 Å². The lowest BCUT2D eigenvalue weighted by Crippen LogP contribution is -2.25. The molecule has 1 nitrogen and oxygen atoms in total. The quantitative estimate of drug-likeness (QED) is 0.833. The summed E-state index contributed by atoms with van der Waals surface area (Å²) < 4.78 is 13.3. The van der Waals surface area contributed by atoms with Crippen molar-refractivity contribution in [2.75, 3.05) is 6.54 Å². The summed E-state index contributed by atoms with van der Waals surface area (Å²) in [6, 6.07) is 5.18. The van der Waals surface area contributed by atoms with Crippen molar-refractivity contribution >= 4 is 11.6 Å². The van der Waals surface area contributed by atoms with E-state index in [0.717, 1.165) is 23.9 Å². The van der Waals surface area contributed by atoms with Gasteiger partial charge in [-0.25, -0.2) is 4.39 Å². The molecular weight excluding hydrogens is 237 g/mol. The summed E-state index contributed by atoms with van der Waals surface area (Å²) in [4.78, 5) is 0. The maximum Gasteiger partial charge on any atom is 0.142 e. The molecule has 2 rings (SSSR count). The smallest absolute Gasteiger partial charge is 0.142 e. The highest BCUT2D eigenvalue weighted by Gasteiger charge is 2.27. The van der Waals surface area contributed by atoms with Gasteiger partial charge in [0.15, 0.2) is 0 Å². The van der Waals surface area contributed by atoms with Gasteiger partial charge in [0.25, 0.3) is 0 Å². The number of rotatable bonds is 5. The fraction of sp³-hybridized carbons (Fsp3) is 0.571. The van der Waals surface area contributed by atoms with Crippen LogP contribution >= 0.6 is 11.6 Å². The minimum atomic E-state index is -0.340. The maximum absolute atomic E-state index is 13.3. The van der Waals surface area contributed by atoms with Crippen molar-refractivity contribution in [1.29, 1.82) is 0 Å². The standard InChI is InChI=1S/C14H19ClFN/c1-9(11-3-4-11)8-17-10(2)12-5-6-13(15)14(16)7-12/h5-7,9-11,17H,3-4,8H2,1-2H3. The van der Waals surface area contributed by atoms with Crippen molar-refractivity contribution in [3.05, 3.63) is 34.6 Å². The molecule has 1 aliphatic carbocycles. The van der Waals surface area contributed by atoms with Gasteiger partial charge in [-0.15, -0.1) is 0 Å². The second kappa shape index (κ2) is 5.36. The molecule has 0 amide bonds. The molecule has 0 aliphatic heterocycles. The third kappa shape index (κ3) is 3.43. The predicted molar refractivity (Wildman–Crippen MR) is 69.7 cm³/mol. The van der Waals surface area contributed by atoms with Crippen LogP contribution < -0.4 is 5.32 Å². The molecule has 2 unspecified atom stereocenters. The van der Waals surface area contributed by atoms with Gasteiger partial charge >= 0.3 is 0 Å². The molecule has 1 aromatic carbocycles. The molecule has 94 valence electrons. The topological polar surface area (TPSA) is 12.0 Å². The largest absolute Gasteiger partial charge is 0.310 e. The molecule has 2 atom stereocenters. The average molecular weight is 256 g/mol. The molecule has 0 saturated heterocycles. The SMILES string of the molecule is CC(NCC(C)C1CC1)c1ccc(Cl)c(F)c1. The highest BCUT2D eigenvalue weighted by Crippen LogP contribution is 2.36. The third-order valence-corrected chi connectivity index (χ3v) is 3.92. The number of hydrogen-bond acceptors (Lipinski definition) is 1. The summed E-state index contributed by atoms with van der Waals surface area (Å²) in [5.74, 6) is 1.28. The number of hydrogen-bond donors (Lipinski definition) is 1. The molecule has 3 heteroatoms. The van der Waals surface area contributed by atoms with E-state index in [4.69, 9.17) is 11.6 Å². The average Bonchev–Trinajstić information content (AvgIpc) is 3.13. The molecule has 1 fully saturated rings. The van der Waals surface area contributed by atoms with Crippen LogP contribution in [0.4, 0.5) is 4.39 Å². The molecule has 17 heavy (non-hydrogen) atoms. The number of nitrogens with one attached hydrogen (secondary N) is 1. The molecular formula is C14H19ClFN. The van der Waals surface area contributed by atoms with Crippen LogP contribution in [0.2, 0.25) is 5.02 Å². The van der Waals surface area contributed by atoms with E-state index in [-0.39, 0.29) is 16.9 Å². The summed E-state index contributed by atoms with van der Waals surface area (Å²) in [7, 11) is 0. The lowest BCUT2D eigenvalue weighted by Gasteiger charge is -2.18. The molecule has 0 bridgehead atoms. The normalized spacial score (nSPS) is 19.1. The second-order valence-corrected chi connectivity index (χ2v) is 5.53. The van der Waals surface area contributed by atoms with Gasteiger partial charge in [0.1, 0.15) is 5.82 Å². The minimum Gasteiger partial charge on any atom is -0.310 e. The Morgan fingerprint density at radius 2 is 2.12 bits per heavy atom. The summed E-state index contributed by atoms with van der Waals surface area (Å²) in [6.45, 7) is 5.33.